The largest absolute Gasteiger partial charge is 0.492 e. The molecule has 9 nitrogen and oxygen atoms in total. The normalized spacial score (nSPS) is 17.2. The van der Waals surface area contributed by atoms with Crippen LogP contribution in [0.1, 0.15) is 49.0 Å². The van der Waals surface area contributed by atoms with E-state index in [2.05, 4.69) is 10.4 Å². The summed E-state index contributed by atoms with van der Waals surface area (Å²) in [5, 5.41) is 17.8. The molecule has 4 N–H and O–H groups in total. The summed E-state index contributed by atoms with van der Waals surface area (Å²) < 4.78 is 8.09. The number of nitrogens with two attached hydrogens (primary N) is 1. The van der Waals surface area contributed by atoms with Gasteiger partial charge < -0.3 is 20.9 Å². The molecular weight excluding hydrogens is 362 g/mol. The Morgan fingerprint density at radius 2 is 2.21 bits per heavy atom. The SMILES string of the molecule is CC(C)Cn1c(=O)c(C(=O)NC2CC2)c(O)n2nc(N)c(C3=CCOCC3)c12. The summed E-state index contributed by atoms with van der Waals surface area (Å²) in [5.74, 6) is -0.716. The molecule has 0 aromatic carbocycles. The van der Waals surface area contributed by atoms with Gasteiger partial charge in [0.2, 0.25) is 5.88 Å². The van der Waals surface area contributed by atoms with Crippen LogP contribution in [0.3, 0.4) is 0 Å². The lowest BCUT2D eigenvalue weighted by Gasteiger charge is -2.18. The molecule has 0 radical (unpaired) electrons. The van der Waals surface area contributed by atoms with Gasteiger partial charge in [-0.15, -0.1) is 5.10 Å². The van der Waals surface area contributed by atoms with Crippen molar-refractivity contribution in [2.45, 2.75) is 45.7 Å². The van der Waals surface area contributed by atoms with E-state index in [4.69, 9.17) is 10.5 Å². The molecule has 9 heteroatoms. The van der Waals surface area contributed by atoms with Gasteiger partial charge in [0.1, 0.15) is 0 Å². The van der Waals surface area contributed by atoms with E-state index in [1.54, 1.807) is 0 Å². The Kier molecular flexibility index (Phi) is 4.62. The predicted octanol–water partition coefficient (Wildman–Crippen LogP) is 1.14. The van der Waals surface area contributed by atoms with Gasteiger partial charge in [0.05, 0.1) is 18.8 Å². The molecule has 2 aromatic rings. The van der Waals surface area contributed by atoms with Crippen molar-refractivity contribution in [1.82, 2.24) is 19.5 Å². The maximum absolute atomic E-state index is 13.2. The number of ether oxygens (including phenoxy) is 1. The zero-order chi connectivity index (χ0) is 20.0. The fourth-order valence-corrected chi connectivity index (χ4v) is 3.54. The van der Waals surface area contributed by atoms with Crippen molar-refractivity contribution in [2.24, 2.45) is 5.92 Å². The van der Waals surface area contributed by atoms with Crippen LogP contribution in [0, 0.1) is 5.92 Å². The van der Waals surface area contributed by atoms with E-state index in [1.165, 1.54) is 9.08 Å². The van der Waals surface area contributed by atoms with E-state index in [-0.39, 0.29) is 23.3 Å². The summed E-state index contributed by atoms with van der Waals surface area (Å²) in [4.78, 5) is 25.9. The molecule has 2 aromatic heterocycles. The predicted molar refractivity (Wildman–Crippen MR) is 104 cm³/mol. The Balaban J connectivity index is 1.98. The highest BCUT2D eigenvalue weighted by molar-refractivity contribution is 5.97. The molecule has 0 saturated heterocycles. The van der Waals surface area contributed by atoms with E-state index >= 15 is 0 Å². The molecule has 0 spiro atoms. The Morgan fingerprint density at radius 1 is 1.46 bits per heavy atom. The quantitative estimate of drug-likeness (QED) is 0.707. The number of amides is 1. The molecule has 0 atom stereocenters. The van der Waals surface area contributed by atoms with Crippen molar-refractivity contribution in [3.8, 4) is 5.88 Å². The zero-order valence-electron chi connectivity index (χ0n) is 16.1. The van der Waals surface area contributed by atoms with Crippen molar-refractivity contribution in [3.63, 3.8) is 0 Å². The molecule has 150 valence electrons. The highest BCUT2D eigenvalue weighted by atomic mass is 16.5. The van der Waals surface area contributed by atoms with E-state index in [1.807, 2.05) is 19.9 Å². The number of carbonyl (C=O) groups excluding carboxylic acids is 1. The third kappa shape index (κ3) is 3.15. The van der Waals surface area contributed by atoms with Crippen LogP contribution in [0.15, 0.2) is 10.9 Å². The molecule has 1 aliphatic carbocycles. The zero-order valence-corrected chi connectivity index (χ0v) is 16.1. The van der Waals surface area contributed by atoms with E-state index < -0.39 is 17.3 Å². The lowest BCUT2D eigenvalue weighted by molar-refractivity contribution is 0.0944. The van der Waals surface area contributed by atoms with Gasteiger partial charge >= 0.3 is 0 Å². The summed E-state index contributed by atoms with van der Waals surface area (Å²) in [5.41, 5.74) is 7.29. The molecule has 1 amide bonds. The van der Waals surface area contributed by atoms with Gasteiger partial charge in [-0.2, -0.15) is 4.52 Å². The number of aromatic nitrogens is 3. The maximum atomic E-state index is 13.2. The number of nitrogens with one attached hydrogen (secondary N) is 1. The first kappa shape index (κ1) is 18.5. The average molecular weight is 387 g/mol. The third-order valence-corrected chi connectivity index (χ3v) is 5.00. The minimum absolute atomic E-state index is 0.0613. The molecule has 1 aliphatic heterocycles. The van der Waals surface area contributed by atoms with Gasteiger partial charge in [0.25, 0.3) is 11.5 Å². The fraction of sp³-hybridized carbons (Fsp3) is 0.526. The van der Waals surface area contributed by atoms with E-state index in [0.717, 1.165) is 18.4 Å². The smallest absolute Gasteiger partial charge is 0.270 e. The summed E-state index contributed by atoms with van der Waals surface area (Å²) in [6.45, 7) is 5.33. The number of anilines is 1. The second kappa shape index (κ2) is 6.97. The summed E-state index contributed by atoms with van der Waals surface area (Å²) in [6, 6.07) is 0.0613. The van der Waals surface area contributed by atoms with Gasteiger partial charge in [-0.1, -0.05) is 19.9 Å². The van der Waals surface area contributed by atoms with E-state index in [9.17, 15) is 14.7 Å². The molecule has 28 heavy (non-hydrogen) atoms. The summed E-state index contributed by atoms with van der Waals surface area (Å²) >= 11 is 0. The molecule has 4 rings (SSSR count). The van der Waals surface area contributed by atoms with Gasteiger partial charge in [-0.3, -0.25) is 14.2 Å². The van der Waals surface area contributed by atoms with Gasteiger partial charge in [0.15, 0.2) is 17.0 Å². The van der Waals surface area contributed by atoms with Crippen molar-refractivity contribution in [2.75, 3.05) is 18.9 Å². The Bertz CT molecular complexity index is 1030. The molecule has 1 saturated carbocycles. The summed E-state index contributed by atoms with van der Waals surface area (Å²) in [6.07, 6.45) is 4.30. The van der Waals surface area contributed by atoms with Gasteiger partial charge in [0, 0.05) is 12.6 Å². The van der Waals surface area contributed by atoms with Crippen LogP contribution in [-0.2, 0) is 11.3 Å². The van der Waals surface area contributed by atoms with Crippen molar-refractivity contribution in [1.29, 1.82) is 0 Å². The molecular formula is C19H25N5O4. The van der Waals surface area contributed by atoms with Crippen LogP contribution in [0.2, 0.25) is 0 Å². The lowest BCUT2D eigenvalue weighted by atomic mass is 10.0. The number of nitrogens with zero attached hydrogens (tertiary/aromatic N) is 3. The number of hydrogen-bond donors (Lipinski definition) is 3. The van der Waals surface area contributed by atoms with E-state index in [0.29, 0.717) is 37.4 Å². The second-order valence-electron chi connectivity index (χ2n) is 7.81. The molecule has 1 fully saturated rings. The first-order chi connectivity index (χ1) is 13.4. The minimum Gasteiger partial charge on any atom is -0.492 e. The number of rotatable bonds is 5. The fourth-order valence-electron chi connectivity index (χ4n) is 3.54. The van der Waals surface area contributed by atoms with Gasteiger partial charge in [-0.25, -0.2) is 0 Å². The number of nitrogen functional groups attached to an aromatic ring is 1. The molecule has 3 heterocycles. The number of fused-ring (bicyclic) bond motifs is 1. The molecule has 0 bridgehead atoms. The monoisotopic (exact) mass is 387 g/mol. The highest BCUT2D eigenvalue weighted by Gasteiger charge is 2.31. The van der Waals surface area contributed by atoms with Crippen LogP contribution >= 0.6 is 0 Å². The van der Waals surface area contributed by atoms with Crippen LogP contribution in [0.4, 0.5) is 5.82 Å². The maximum Gasteiger partial charge on any atom is 0.270 e. The Morgan fingerprint density at radius 3 is 2.82 bits per heavy atom. The highest BCUT2D eigenvalue weighted by Crippen LogP contribution is 2.32. The molecule has 0 unspecified atom stereocenters. The average Bonchev–Trinajstić information content (AvgIpc) is 3.39. The third-order valence-electron chi connectivity index (χ3n) is 5.00. The second-order valence-corrected chi connectivity index (χ2v) is 7.81. The van der Waals surface area contributed by atoms with Crippen LogP contribution in [-0.4, -0.2) is 44.5 Å². The Labute approximate surface area is 161 Å². The number of carbonyl (C=O) groups is 1. The van der Waals surface area contributed by atoms with Gasteiger partial charge in [-0.05, 0) is 30.8 Å². The standard InChI is InChI=1S/C19H25N5O4/c1-10(2)9-23-17-13(11-5-7-28-8-6-11)15(20)22-24(17)19(27)14(18(23)26)16(25)21-12-3-4-12/h5,10,12,27H,3-4,6-9H2,1-2H3,(H2,20,22)(H,21,25). The number of aromatic hydroxyl groups is 1. The molecule has 2 aliphatic rings. The minimum atomic E-state index is -0.578. The van der Waals surface area contributed by atoms with Crippen LogP contribution < -0.4 is 16.6 Å². The first-order valence-corrected chi connectivity index (χ1v) is 9.60. The van der Waals surface area contributed by atoms with Crippen molar-refractivity contribution >= 4 is 22.9 Å². The first-order valence-electron chi connectivity index (χ1n) is 9.60. The van der Waals surface area contributed by atoms with Crippen molar-refractivity contribution < 1.29 is 14.6 Å². The van der Waals surface area contributed by atoms with Crippen LogP contribution in [0.5, 0.6) is 5.88 Å². The Hall–Kier alpha value is -2.81. The number of hydrogen-bond acceptors (Lipinski definition) is 6. The lowest BCUT2D eigenvalue weighted by Crippen LogP contribution is -2.36. The van der Waals surface area contributed by atoms with Crippen LogP contribution in [0.25, 0.3) is 11.2 Å². The van der Waals surface area contributed by atoms with Crippen molar-refractivity contribution in [3.05, 3.63) is 27.6 Å². The topological polar surface area (TPSA) is 124 Å². The summed E-state index contributed by atoms with van der Waals surface area (Å²) in [7, 11) is 0.